The molecule has 1 heterocycles. The molecule has 0 spiro atoms. The zero-order valence-electron chi connectivity index (χ0n) is 10.4. The van der Waals surface area contributed by atoms with Gasteiger partial charge in [0.05, 0.1) is 5.71 Å². The van der Waals surface area contributed by atoms with E-state index in [1.807, 2.05) is 0 Å². The average molecular weight is 246 g/mol. The largest absolute Gasteiger partial charge is 0.508 e. The molecule has 0 radical (unpaired) electrons. The van der Waals surface area contributed by atoms with E-state index in [-0.39, 0.29) is 23.0 Å². The van der Waals surface area contributed by atoms with Crippen molar-refractivity contribution in [3.63, 3.8) is 0 Å². The number of nitrogens with zero attached hydrogens (tertiary/aromatic N) is 3. The number of aliphatic imine (C=N–C) groups is 1. The fourth-order valence-electron chi connectivity index (χ4n) is 1.66. The van der Waals surface area contributed by atoms with Crippen LogP contribution in [-0.2, 0) is 0 Å². The number of amidine groups is 1. The van der Waals surface area contributed by atoms with Crippen LogP contribution in [-0.4, -0.2) is 39.5 Å². The van der Waals surface area contributed by atoms with Crippen LogP contribution in [0.1, 0.15) is 12.5 Å². The van der Waals surface area contributed by atoms with Crippen molar-refractivity contribution in [2.45, 2.75) is 13.8 Å². The van der Waals surface area contributed by atoms with E-state index in [1.165, 1.54) is 17.1 Å². The first kappa shape index (κ1) is 12.1. The summed E-state index contributed by atoms with van der Waals surface area (Å²) in [6.07, 6.45) is 0. The Balaban J connectivity index is 2.49. The van der Waals surface area contributed by atoms with Crippen LogP contribution in [0.25, 0.3) is 0 Å². The maximum Gasteiger partial charge on any atom is 0.169 e. The highest BCUT2D eigenvalue weighted by Crippen LogP contribution is 2.33. The molecule has 0 saturated carbocycles. The lowest BCUT2D eigenvalue weighted by Crippen LogP contribution is -2.23. The quantitative estimate of drug-likeness (QED) is 0.659. The molecule has 0 aromatic heterocycles. The average Bonchev–Trinajstić information content (AvgIpc) is 2.52. The Morgan fingerprint density at radius 1 is 1.22 bits per heavy atom. The molecular weight excluding hydrogens is 232 g/mol. The second kappa shape index (κ2) is 4.14. The molecule has 0 aliphatic carbocycles. The molecule has 0 unspecified atom stereocenters. The number of rotatable bonds is 1. The van der Waals surface area contributed by atoms with Gasteiger partial charge in [-0.05, 0) is 25.5 Å². The Morgan fingerprint density at radius 3 is 2.44 bits per heavy atom. The van der Waals surface area contributed by atoms with E-state index in [0.29, 0.717) is 17.0 Å². The lowest BCUT2D eigenvalue weighted by atomic mass is 10.1. The predicted molar refractivity (Wildman–Crippen MR) is 70.2 cm³/mol. The van der Waals surface area contributed by atoms with Gasteiger partial charge in [-0.3, -0.25) is 5.41 Å². The molecule has 0 fully saturated rings. The van der Waals surface area contributed by atoms with Crippen molar-refractivity contribution < 1.29 is 10.2 Å². The molecule has 6 nitrogen and oxygen atoms in total. The first-order valence-electron chi connectivity index (χ1n) is 5.39. The normalized spacial score (nSPS) is 17.5. The molecule has 1 aliphatic rings. The number of phenolic OH excluding ortho intramolecular Hbond substituents is 2. The Bertz CT molecular complexity index is 590. The minimum atomic E-state index is -0.0343. The third-order valence-corrected chi connectivity index (χ3v) is 2.72. The van der Waals surface area contributed by atoms with Gasteiger partial charge < -0.3 is 10.2 Å². The molecule has 1 aromatic carbocycles. The second-order valence-electron chi connectivity index (χ2n) is 4.15. The number of nitrogens with one attached hydrogen (secondary N) is 1. The molecule has 3 N–H and O–H groups in total. The molecule has 1 aromatic rings. The predicted octanol–water partition coefficient (Wildman–Crippen LogP) is 1.78. The fourth-order valence-corrected chi connectivity index (χ4v) is 1.66. The van der Waals surface area contributed by atoms with Gasteiger partial charge in [-0.1, -0.05) is 0 Å². The van der Waals surface area contributed by atoms with Crippen molar-refractivity contribution >= 4 is 22.9 Å². The van der Waals surface area contributed by atoms with Crippen LogP contribution in [0.2, 0.25) is 0 Å². The molecule has 1 aliphatic heterocycles. The van der Waals surface area contributed by atoms with Crippen LogP contribution in [0, 0.1) is 12.3 Å². The van der Waals surface area contributed by atoms with Crippen molar-refractivity contribution in [2.75, 3.05) is 7.05 Å². The Hall–Kier alpha value is -2.37. The summed E-state index contributed by atoms with van der Waals surface area (Å²) in [4.78, 5) is 4.18. The van der Waals surface area contributed by atoms with Crippen molar-refractivity contribution in [3.8, 4) is 11.5 Å². The molecular formula is C12H14N4O2. The summed E-state index contributed by atoms with van der Waals surface area (Å²) in [5, 5.41) is 32.6. The van der Waals surface area contributed by atoms with E-state index in [4.69, 9.17) is 5.41 Å². The number of aryl methyl sites for hydroxylation is 1. The molecule has 0 atom stereocenters. The molecule has 94 valence electrons. The molecule has 2 rings (SSSR count). The number of hydrogen-bond donors (Lipinski definition) is 3. The topological polar surface area (TPSA) is 92.3 Å². The van der Waals surface area contributed by atoms with Gasteiger partial charge in [0.1, 0.15) is 22.9 Å². The summed E-state index contributed by atoms with van der Waals surface area (Å²) in [6.45, 7) is 3.42. The third-order valence-electron chi connectivity index (χ3n) is 2.72. The van der Waals surface area contributed by atoms with Gasteiger partial charge in [0.2, 0.25) is 0 Å². The van der Waals surface area contributed by atoms with Crippen molar-refractivity contribution in [1.29, 1.82) is 5.41 Å². The number of hydrazone groups is 1. The van der Waals surface area contributed by atoms with Crippen LogP contribution >= 0.6 is 0 Å². The van der Waals surface area contributed by atoms with E-state index in [1.54, 1.807) is 20.9 Å². The lowest BCUT2D eigenvalue weighted by molar-refractivity contribution is 0.458. The van der Waals surface area contributed by atoms with Crippen molar-refractivity contribution in [1.82, 2.24) is 5.01 Å². The van der Waals surface area contributed by atoms with E-state index >= 15 is 0 Å². The molecule has 0 bridgehead atoms. The summed E-state index contributed by atoms with van der Waals surface area (Å²) >= 11 is 0. The summed E-state index contributed by atoms with van der Waals surface area (Å²) < 4.78 is 0. The number of hydrogen-bond acceptors (Lipinski definition) is 5. The third kappa shape index (κ3) is 1.92. The summed E-state index contributed by atoms with van der Waals surface area (Å²) in [7, 11) is 1.65. The minimum Gasteiger partial charge on any atom is -0.508 e. The lowest BCUT2D eigenvalue weighted by Gasteiger charge is -2.06. The highest BCUT2D eigenvalue weighted by atomic mass is 16.3. The fraction of sp³-hybridized carbons (Fsp3) is 0.250. The maximum atomic E-state index is 9.77. The van der Waals surface area contributed by atoms with E-state index < -0.39 is 0 Å². The van der Waals surface area contributed by atoms with Crippen LogP contribution < -0.4 is 0 Å². The van der Waals surface area contributed by atoms with Crippen LogP contribution in [0.4, 0.5) is 5.69 Å². The zero-order valence-corrected chi connectivity index (χ0v) is 10.4. The maximum absolute atomic E-state index is 9.77. The highest BCUT2D eigenvalue weighted by Gasteiger charge is 2.23. The van der Waals surface area contributed by atoms with Crippen LogP contribution in [0.3, 0.4) is 0 Å². The van der Waals surface area contributed by atoms with Gasteiger partial charge >= 0.3 is 0 Å². The number of aromatic hydroxyl groups is 2. The van der Waals surface area contributed by atoms with Gasteiger partial charge in [-0.2, -0.15) is 5.10 Å². The van der Waals surface area contributed by atoms with Crippen LogP contribution in [0.5, 0.6) is 11.5 Å². The van der Waals surface area contributed by atoms with Crippen molar-refractivity contribution in [3.05, 3.63) is 17.7 Å². The minimum absolute atomic E-state index is 0.0343. The first-order valence-corrected chi connectivity index (χ1v) is 5.39. The smallest absolute Gasteiger partial charge is 0.169 e. The van der Waals surface area contributed by atoms with E-state index in [0.717, 1.165) is 0 Å². The Labute approximate surface area is 104 Å². The van der Waals surface area contributed by atoms with Gasteiger partial charge in [-0.25, -0.2) is 10.0 Å². The first-order chi connectivity index (χ1) is 8.40. The summed E-state index contributed by atoms with van der Waals surface area (Å²) in [5.74, 6) is 0.180. The van der Waals surface area contributed by atoms with Crippen LogP contribution in [0.15, 0.2) is 22.2 Å². The van der Waals surface area contributed by atoms with Gasteiger partial charge in [0.15, 0.2) is 5.84 Å². The van der Waals surface area contributed by atoms with Gasteiger partial charge in [0, 0.05) is 13.1 Å². The van der Waals surface area contributed by atoms with Crippen molar-refractivity contribution in [2.24, 2.45) is 10.1 Å². The number of phenols is 2. The molecule has 0 amide bonds. The summed E-state index contributed by atoms with van der Waals surface area (Å²) in [5.41, 5.74) is 1.78. The Kier molecular flexibility index (Phi) is 2.78. The Morgan fingerprint density at radius 2 is 1.89 bits per heavy atom. The van der Waals surface area contributed by atoms with E-state index in [2.05, 4.69) is 10.1 Å². The van der Waals surface area contributed by atoms with Gasteiger partial charge in [0.25, 0.3) is 0 Å². The monoisotopic (exact) mass is 246 g/mol. The molecule has 18 heavy (non-hydrogen) atoms. The SMILES string of the molecule is CC1=NN(C)C(=N)C1=Nc1cc(O)c(C)cc1O. The molecule has 6 heteroatoms. The zero-order chi connectivity index (χ0) is 13.4. The standard InChI is InChI=1S/C12H14N4O2/c1-6-4-10(18)8(5-9(6)17)14-11-7(2)15-16(3)12(11)13/h4-5,13,17-18H,1-3H3. The van der Waals surface area contributed by atoms with Gasteiger partial charge in [-0.15, -0.1) is 0 Å². The number of benzene rings is 1. The highest BCUT2D eigenvalue weighted by molar-refractivity contribution is 6.69. The second-order valence-corrected chi connectivity index (χ2v) is 4.15. The summed E-state index contributed by atoms with van der Waals surface area (Å²) in [6, 6.07) is 2.81. The van der Waals surface area contributed by atoms with E-state index in [9.17, 15) is 10.2 Å². The molecule has 0 saturated heterocycles.